The summed E-state index contributed by atoms with van der Waals surface area (Å²) in [6.45, 7) is 1.69. The van der Waals surface area contributed by atoms with Gasteiger partial charge in [-0.2, -0.15) is 0 Å². The highest BCUT2D eigenvalue weighted by atomic mass is 16.5. The van der Waals surface area contributed by atoms with Gasteiger partial charge in [0.1, 0.15) is 6.10 Å². The third-order valence-electron chi connectivity index (χ3n) is 6.21. The summed E-state index contributed by atoms with van der Waals surface area (Å²) in [5, 5.41) is 0. The molecule has 1 aromatic heterocycles. The van der Waals surface area contributed by atoms with Crippen molar-refractivity contribution in [2.45, 2.75) is 31.8 Å². The highest BCUT2D eigenvalue weighted by molar-refractivity contribution is 5.87. The average Bonchev–Trinajstić information content (AvgIpc) is 3.45. The summed E-state index contributed by atoms with van der Waals surface area (Å²) in [6.07, 6.45) is 6.20. The zero-order chi connectivity index (χ0) is 21.1. The van der Waals surface area contributed by atoms with Gasteiger partial charge in [0.15, 0.2) is 0 Å². The number of aromatic nitrogens is 1. The Labute approximate surface area is 177 Å². The van der Waals surface area contributed by atoms with Crippen LogP contribution in [-0.4, -0.2) is 66.5 Å². The van der Waals surface area contributed by atoms with E-state index in [1.807, 2.05) is 23.1 Å². The van der Waals surface area contributed by atoms with E-state index in [1.165, 1.54) is 0 Å². The zero-order valence-corrected chi connectivity index (χ0v) is 17.7. The second-order valence-corrected chi connectivity index (χ2v) is 8.60. The summed E-state index contributed by atoms with van der Waals surface area (Å²) in [7, 11) is 3.59. The lowest BCUT2D eigenvalue weighted by Gasteiger charge is -2.31. The lowest BCUT2D eigenvalue weighted by molar-refractivity contribution is -0.142. The molecule has 6 heteroatoms. The van der Waals surface area contributed by atoms with Crippen molar-refractivity contribution in [3.63, 3.8) is 0 Å². The van der Waals surface area contributed by atoms with Gasteiger partial charge < -0.3 is 14.5 Å². The quantitative estimate of drug-likeness (QED) is 0.765. The minimum Gasteiger partial charge on any atom is -0.368 e. The molecule has 2 fully saturated rings. The molecule has 0 unspecified atom stereocenters. The van der Waals surface area contributed by atoms with Crippen LogP contribution in [0.5, 0.6) is 0 Å². The molecule has 2 saturated heterocycles. The van der Waals surface area contributed by atoms with Gasteiger partial charge in [-0.05, 0) is 54.5 Å². The summed E-state index contributed by atoms with van der Waals surface area (Å²) in [6, 6.07) is 12.3. The largest absolute Gasteiger partial charge is 0.368 e. The SMILES string of the molecule is CN(C)C(=O)[C@@]1(Cc2cccc(-c3ccncc3)c2)CCN(C(=O)[C@@H]2CCCO2)C1. The molecule has 0 saturated carbocycles. The number of rotatable bonds is 5. The van der Waals surface area contributed by atoms with E-state index in [0.29, 0.717) is 32.5 Å². The van der Waals surface area contributed by atoms with E-state index in [4.69, 9.17) is 4.74 Å². The van der Waals surface area contributed by atoms with Gasteiger partial charge in [0, 0.05) is 46.2 Å². The predicted octanol–water partition coefficient (Wildman–Crippen LogP) is 2.78. The Morgan fingerprint density at radius 1 is 1.20 bits per heavy atom. The number of carbonyl (C=O) groups is 2. The topological polar surface area (TPSA) is 62.7 Å². The van der Waals surface area contributed by atoms with Crippen LogP contribution in [0, 0.1) is 5.41 Å². The number of hydrogen-bond donors (Lipinski definition) is 0. The molecule has 30 heavy (non-hydrogen) atoms. The molecule has 1 aromatic carbocycles. The van der Waals surface area contributed by atoms with Crippen LogP contribution in [0.2, 0.25) is 0 Å². The molecule has 2 aliphatic rings. The summed E-state index contributed by atoms with van der Waals surface area (Å²) >= 11 is 0. The van der Waals surface area contributed by atoms with E-state index in [1.54, 1.807) is 31.4 Å². The molecule has 0 aliphatic carbocycles. The Balaban J connectivity index is 1.58. The van der Waals surface area contributed by atoms with Crippen molar-refractivity contribution in [2.75, 3.05) is 33.8 Å². The molecule has 2 aliphatic heterocycles. The third kappa shape index (κ3) is 4.10. The monoisotopic (exact) mass is 407 g/mol. The standard InChI is InChI=1S/C24H29N3O3/c1-26(2)23(29)24(10-13-27(17-24)22(28)21-7-4-14-30-21)16-18-5-3-6-20(15-18)19-8-11-25-12-9-19/h3,5-6,8-9,11-12,15,21H,4,7,10,13-14,16-17H2,1-2H3/t21-,24+/m0/s1. The highest BCUT2D eigenvalue weighted by Gasteiger charge is 2.47. The summed E-state index contributed by atoms with van der Waals surface area (Å²) in [5.41, 5.74) is 2.70. The van der Waals surface area contributed by atoms with Crippen molar-refractivity contribution in [1.29, 1.82) is 0 Å². The van der Waals surface area contributed by atoms with E-state index in [9.17, 15) is 9.59 Å². The molecule has 6 nitrogen and oxygen atoms in total. The zero-order valence-electron chi connectivity index (χ0n) is 17.7. The number of carbonyl (C=O) groups excluding carboxylic acids is 2. The number of amides is 2. The van der Waals surface area contributed by atoms with Crippen LogP contribution in [-0.2, 0) is 20.7 Å². The number of ether oxygens (including phenoxy) is 1. The lowest BCUT2D eigenvalue weighted by atomic mass is 9.79. The first-order chi connectivity index (χ1) is 14.5. The highest BCUT2D eigenvalue weighted by Crippen LogP contribution is 2.37. The predicted molar refractivity (Wildman–Crippen MR) is 115 cm³/mol. The first-order valence-electron chi connectivity index (χ1n) is 10.6. The van der Waals surface area contributed by atoms with Crippen molar-refractivity contribution in [2.24, 2.45) is 5.41 Å². The van der Waals surface area contributed by atoms with Crippen LogP contribution < -0.4 is 0 Å². The fourth-order valence-electron chi connectivity index (χ4n) is 4.70. The Morgan fingerprint density at radius 2 is 2.00 bits per heavy atom. The van der Waals surface area contributed by atoms with Gasteiger partial charge in [0.05, 0.1) is 5.41 Å². The Kier molecular flexibility index (Phi) is 5.86. The van der Waals surface area contributed by atoms with Gasteiger partial charge in [0.25, 0.3) is 5.91 Å². The lowest BCUT2D eigenvalue weighted by Crippen LogP contribution is -2.46. The van der Waals surface area contributed by atoms with Crippen molar-refractivity contribution in [3.05, 3.63) is 54.4 Å². The molecule has 0 N–H and O–H groups in total. The number of likely N-dealkylation sites (tertiary alicyclic amines) is 1. The smallest absolute Gasteiger partial charge is 0.251 e. The average molecular weight is 408 g/mol. The van der Waals surface area contributed by atoms with Crippen LogP contribution >= 0.6 is 0 Å². The second kappa shape index (κ2) is 8.56. The molecule has 2 atom stereocenters. The van der Waals surface area contributed by atoms with Gasteiger partial charge in [-0.3, -0.25) is 14.6 Å². The molecular weight excluding hydrogens is 378 g/mol. The second-order valence-electron chi connectivity index (χ2n) is 8.60. The number of benzene rings is 1. The Hall–Kier alpha value is -2.73. The van der Waals surface area contributed by atoms with E-state index in [0.717, 1.165) is 29.5 Å². The maximum atomic E-state index is 13.3. The van der Waals surface area contributed by atoms with Gasteiger partial charge in [-0.15, -0.1) is 0 Å². The molecule has 0 spiro atoms. The molecular formula is C24H29N3O3. The van der Waals surface area contributed by atoms with Crippen molar-refractivity contribution in [1.82, 2.24) is 14.8 Å². The molecule has 158 valence electrons. The minimum atomic E-state index is -0.603. The van der Waals surface area contributed by atoms with Crippen LogP contribution in [0.25, 0.3) is 11.1 Å². The third-order valence-corrected chi connectivity index (χ3v) is 6.21. The molecule has 2 aromatic rings. The Bertz CT molecular complexity index is 909. The van der Waals surface area contributed by atoms with Crippen LogP contribution in [0.1, 0.15) is 24.8 Å². The summed E-state index contributed by atoms with van der Waals surface area (Å²) in [5.74, 6) is 0.117. The fraction of sp³-hybridized carbons (Fsp3) is 0.458. The number of nitrogens with zero attached hydrogens (tertiary/aromatic N) is 3. The fourth-order valence-corrected chi connectivity index (χ4v) is 4.70. The summed E-state index contributed by atoms with van der Waals surface area (Å²) < 4.78 is 5.59. The van der Waals surface area contributed by atoms with E-state index >= 15 is 0 Å². The Morgan fingerprint density at radius 3 is 2.70 bits per heavy atom. The first kappa shape index (κ1) is 20.5. The van der Waals surface area contributed by atoms with Gasteiger partial charge in [0.2, 0.25) is 5.91 Å². The number of pyridine rings is 1. The van der Waals surface area contributed by atoms with E-state index in [-0.39, 0.29) is 17.9 Å². The number of hydrogen-bond acceptors (Lipinski definition) is 4. The van der Waals surface area contributed by atoms with E-state index < -0.39 is 5.41 Å². The van der Waals surface area contributed by atoms with Gasteiger partial charge >= 0.3 is 0 Å². The van der Waals surface area contributed by atoms with Crippen LogP contribution in [0.15, 0.2) is 48.8 Å². The first-order valence-corrected chi connectivity index (χ1v) is 10.6. The molecule has 2 amide bonds. The maximum Gasteiger partial charge on any atom is 0.251 e. The van der Waals surface area contributed by atoms with Gasteiger partial charge in [-0.1, -0.05) is 24.3 Å². The maximum absolute atomic E-state index is 13.3. The van der Waals surface area contributed by atoms with E-state index in [2.05, 4.69) is 23.2 Å². The van der Waals surface area contributed by atoms with Crippen molar-refractivity contribution in [3.8, 4) is 11.1 Å². The van der Waals surface area contributed by atoms with Crippen LogP contribution in [0.4, 0.5) is 0 Å². The molecule has 4 rings (SSSR count). The minimum absolute atomic E-state index is 0.0338. The molecule has 0 radical (unpaired) electrons. The van der Waals surface area contributed by atoms with Crippen molar-refractivity contribution < 1.29 is 14.3 Å². The summed E-state index contributed by atoms with van der Waals surface area (Å²) in [4.78, 5) is 33.7. The van der Waals surface area contributed by atoms with Crippen LogP contribution in [0.3, 0.4) is 0 Å². The van der Waals surface area contributed by atoms with Gasteiger partial charge in [-0.25, -0.2) is 0 Å². The normalized spacial score (nSPS) is 23.5. The molecule has 3 heterocycles. The molecule has 0 bridgehead atoms. The van der Waals surface area contributed by atoms with Crippen molar-refractivity contribution >= 4 is 11.8 Å².